The number of amides is 1. The summed E-state index contributed by atoms with van der Waals surface area (Å²) in [5, 5.41) is 6.46. The van der Waals surface area contributed by atoms with Gasteiger partial charge in [0.25, 0.3) is 0 Å². The van der Waals surface area contributed by atoms with E-state index in [1.54, 1.807) is 0 Å². The van der Waals surface area contributed by atoms with Crippen LogP contribution in [0.2, 0.25) is 0 Å². The van der Waals surface area contributed by atoms with E-state index in [0.29, 0.717) is 6.54 Å². The van der Waals surface area contributed by atoms with Gasteiger partial charge in [0.1, 0.15) is 0 Å². The minimum Gasteiger partial charge on any atom is -0.357 e. The molecule has 0 aromatic heterocycles. The minimum absolute atomic E-state index is 0. The summed E-state index contributed by atoms with van der Waals surface area (Å²) in [6.45, 7) is 5.79. The molecule has 5 nitrogen and oxygen atoms in total. The van der Waals surface area contributed by atoms with Crippen LogP contribution in [0, 0.1) is 5.92 Å². The van der Waals surface area contributed by atoms with Gasteiger partial charge in [0, 0.05) is 31.2 Å². The number of nitrogens with zero attached hydrogens (tertiary/aromatic N) is 2. The van der Waals surface area contributed by atoms with Crippen molar-refractivity contribution in [2.45, 2.75) is 52.0 Å². The number of aliphatic imine (C=N–C) groups is 1. The van der Waals surface area contributed by atoms with Crippen molar-refractivity contribution in [3.05, 3.63) is 29.8 Å². The van der Waals surface area contributed by atoms with Gasteiger partial charge in [0.15, 0.2) is 5.96 Å². The Balaban J connectivity index is 0.00000243. The maximum atomic E-state index is 12.3. The first-order chi connectivity index (χ1) is 12.3. The maximum absolute atomic E-state index is 12.3. The highest BCUT2D eigenvalue weighted by atomic mass is 127. The van der Waals surface area contributed by atoms with Gasteiger partial charge in [-0.3, -0.25) is 4.79 Å². The zero-order valence-corrected chi connectivity index (χ0v) is 18.0. The second-order valence-electron chi connectivity index (χ2n) is 7.04. The average molecular weight is 470 g/mol. The quantitative estimate of drug-likeness (QED) is 0.389. The van der Waals surface area contributed by atoms with Crippen molar-refractivity contribution in [3.8, 4) is 0 Å². The van der Waals surface area contributed by atoms with Crippen LogP contribution in [0.1, 0.15) is 51.0 Å². The first-order valence-electron chi connectivity index (χ1n) is 9.69. The predicted molar refractivity (Wildman–Crippen MR) is 118 cm³/mol. The summed E-state index contributed by atoms with van der Waals surface area (Å²) in [5.41, 5.74) is 2.01. The fourth-order valence-electron chi connectivity index (χ4n) is 3.70. The number of guanidine groups is 1. The lowest BCUT2D eigenvalue weighted by atomic mass is 10.1. The van der Waals surface area contributed by atoms with E-state index >= 15 is 0 Å². The van der Waals surface area contributed by atoms with Crippen LogP contribution in [0.25, 0.3) is 0 Å². The highest BCUT2D eigenvalue weighted by molar-refractivity contribution is 14.0. The Morgan fingerprint density at radius 2 is 1.92 bits per heavy atom. The summed E-state index contributed by atoms with van der Waals surface area (Å²) in [6.07, 6.45) is 6.89. The van der Waals surface area contributed by atoms with Crippen molar-refractivity contribution in [2.75, 3.05) is 25.0 Å². The van der Waals surface area contributed by atoms with Crippen molar-refractivity contribution in [1.82, 2.24) is 10.2 Å². The molecule has 0 unspecified atom stereocenters. The normalized spacial score (nSPS) is 17.9. The van der Waals surface area contributed by atoms with Gasteiger partial charge in [0.2, 0.25) is 5.91 Å². The number of carbonyl (C=O) groups is 1. The zero-order valence-electron chi connectivity index (χ0n) is 15.7. The van der Waals surface area contributed by atoms with E-state index in [-0.39, 0.29) is 35.8 Å². The van der Waals surface area contributed by atoms with Crippen molar-refractivity contribution >= 4 is 41.5 Å². The molecule has 1 saturated carbocycles. The van der Waals surface area contributed by atoms with Crippen molar-refractivity contribution in [3.63, 3.8) is 0 Å². The van der Waals surface area contributed by atoms with E-state index in [0.717, 1.165) is 49.7 Å². The summed E-state index contributed by atoms with van der Waals surface area (Å²) < 4.78 is 0. The van der Waals surface area contributed by atoms with Crippen LogP contribution in [0.5, 0.6) is 0 Å². The molecule has 2 aliphatic rings. The molecule has 1 heterocycles. The van der Waals surface area contributed by atoms with E-state index in [9.17, 15) is 4.79 Å². The Morgan fingerprint density at radius 1 is 1.19 bits per heavy atom. The molecule has 26 heavy (non-hydrogen) atoms. The zero-order chi connectivity index (χ0) is 17.5. The van der Waals surface area contributed by atoms with Crippen LogP contribution in [0.4, 0.5) is 5.69 Å². The Bertz CT molecular complexity index is 608. The van der Waals surface area contributed by atoms with Crippen molar-refractivity contribution < 1.29 is 4.79 Å². The van der Waals surface area contributed by atoms with E-state index in [1.165, 1.54) is 25.7 Å². The summed E-state index contributed by atoms with van der Waals surface area (Å²) in [7, 11) is 0. The standard InChI is InChI=1S/C20H30N4O.HI/c1-2-21-20(24-12-5-6-13-24)22-15-16-8-7-11-18(14-16)23-19(25)17-9-3-4-10-17;/h7-8,11,14,17H,2-6,9-10,12-13,15H2,1H3,(H,21,22)(H,23,25);1H. The van der Waals surface area contributed by atoms with E-state index in [2.05, 4.69) is 28.5 Å². The van der Waals surface area contributed by atoms with Gasteiger partial charge >= 0.3 is 0 Å². The Morgan fingerprint density at radius 3 is 2.62 bits per heavy atom. The lowest BCUT2D eigenvalue weighted by Crippen LogP contribution is -2.39. The van der Waals surface area contributed by atoms with Gasteiger partial charge in [0.05, 0.1) is 6.54 Å². The molecular weight excluding hydrogens is 439 g/mol. The number of anilines is 1. The van der Waals surface area contributed by atoms with Gasteiger partial charge in [-0.25, -0.2) is 4.99 Å². The van der Waals surface area contributed by atoms with Crippen molar-refractivity contribution in [1.29, 1.82) is 0 Å². The molecule has 3 rings (SSSR count). The molecule has 0 spiro atoms. The van der Waals surface area contributed by atoms with E-state index in [1.807, 2.05) is 18.2 Å². The SMILES string of the molecule is CCNC(=NCc1cccc(NC(=O)C2CCCC2)c1)N1CCCC1.I. The lowest BCUT2D eigenvalue weighted by Gasteiger charge is -2.20. The maximum Gasteiger partial charge on any atom is 0.227 e. The third-order valence-corrected chi connectivity index (χ3v) is 5.07. The number of carbonyl (C=O) groups excluding carboxylic acids is 1. The molecule has 1 aliphatic heterocycles. The Hall–Kier alpha value is -1.31. The van der Waals surface area contributed by atoms with Crippen LogP contribution in [-0.2, 0) is 11.3 Å². The fourth-order valence-corrected chi connectivity index (χ4v) is 3.70. The molecule has 1 aliphatic carbocycles. The van der Waals surface area contributed by atoms with Gasteiger partial charge in [-0.1, -0.05) is 25.0 Å². The number of likely N-dealkylation sites (tertiary alicyclic amines) is 1. The molecule has 0 atom stereocenters. The third kappa shape index (κ3) is 5.86. The fraction of sp³-hybridized carbons (Fsp3) is 0.600. The second-order valence-corrected chi connectivity index (χ2v) is 7.04. The van der Waals surface area contributed by atoms with Gasteiger partial charge < -0.3 is 15.5 Å². The monoisotopic (exact) mass is 470 g/mol. The molecule has 1 amide bonds. The van der Waals surface area contributed by atoms with Crippen LogP contribution < -0.4 is 10.6 Å². The summed E-state index contributed by atoms with van der Waals surface area (Å²) in [5.74, 6) is 1.36. The Kier molecular flexibility index (Phi) is 8.68. The van der Waals surface area contributed by atoms with E-state index in [4.69, 9.17) is 4.99 Å². The number of hydrogen-bond donors (Lipinski definition) is 2. The highest BCUT2D eigenvalue weighted by Crippen LogP contribution is 2.26. The van der Waals surface area contributed by atoms with Gasteiger partial charge in [-0.15, -0.1) is 24.0 Å². The molecular formula is C20H31IN4O. The van der Waals surface area contributed by atoms with E-state index < -0.39 is 0 Å². The topological polar surface area (TPSA) is 56.7 Å². The second kappa shape index (κ2) is 10.7. The first kappa shape index (κ1) is 21.0. The molecule has 2 N–H and O–H groups in total. The van der Waals surface area contributed by atoms with Crippen LogP contribution in [0.15, 0.2) is 29.3 Å². The molecule has 2 fully saturated rings. The smallest absolute Gasteiger partial charge is 0.227 e. The number of benzene rings is 1. The highest BCUT2D eigenvalue weighted by Gasteiger charge is 2.22. The summed E-state index contributed by atoms with van der Waals surface area (Å²) in [6, 6.07) is 8.08. The predicted octanol–water partition coefficient (Wildman–Crippen LogP) is 3.99. The van der Waals surface area contributed by atoms with Gasteiger partial charge in [-0.05, 0) is 50.3 Å². The molecule has 1 aromatic rings. The van der Waals surface area contributed by atoms with Gasteiger partial charge in [-0.2, -0.15) is 0 Å². The lowest BCUT2D eigenvalue weighted by molar-refractivity contribution is -0.119. The first-order valence-corrected chi connectivity index (χ1v) is 9.69. The van der Waals surface area contributed by atoms with Crippen LogP contribution in [0.3, 0.4) is 0 Å². The van der Waals surface area contributed by atoms with Crippen LogP contribution in [-0.4, -0.2) is 36.4 Å². The van der Waals surface area contributed by atoms with Crippen LogP contribution >= 0.6 is 24.0 Å². The molecule has 6 heteroatoms. The number of rotatable bonds is 5. The molecule has 0 bridgehead atoms. The largest absolute Gasteiger partial charge is 0.357 e. The Labute approximate surface area is 174 Å². The summed E-state index contributed by atoms with van der Waals surface area (Å²) >= 11 is 0. The molecule has 0 radical (unpaired) electrons. The summed E-state index contributed by atoms with van der Waals surface area (Å²) in [4.78, 5) is 19.4. The minimum atomic E-state index is 0. The van der Waals surface area contributed by atoms with Crippen molar-refractivity contribution in [2.24, 2.45) is 10.9 Å². The number of hydrogen-bond acceptors (Lipinski definition) is 2. The number of nitrogens with one attached hydrogen (secondary N) is 2. The number of halogens is 1. The molecule has 1 aromatic carbocycles. The molecule has 1 saturated heterocycles. The molecule has 144 valence electrons. The average Bonchev–Trinajstić information content (AvgIpc) is 3.32. The third-order valence-electron chi connectivity index (χ3n) is 5.07.